The van der Waals surface area contributed by atoms with E-state index < -0.39 is 5.97 Å². The zero-order valence-electron chi connectivity index (χ0n) is 4.60. The summed E-state index contributed by atoms with van der Waals surface area (Å²) in [6.07, 6.45) is 0.0185. The standard InChI is InChI=1S/C3H6N2O2.Li/c6-3(7)1-2-4-5-2;/h2,4-5H,1H2,(H,6,7);/q;+1/p-1. The van der Waals surface area contributed by atoms with Crippen LogP contribution >= 0.6 is 0 Å². The van der Waals surface area contributed by atoms with E-state index in [0.29, 0.717) is 0 Å². The molecule has 8 heavy (non-hydrogen) atoms. The summed E-state index contributed by atoms with van der Waals surface area (Å²) in [5.74, 6) is -1.03. The van der Waals surface area contributed by atoms with Crippen LogP contribution < -0.4 is 34.8 Å². The van der Waals surface area contributed by atoms with E-state index in [1.54, 1.807) is 0 Å². The van der Waals surface area contributed by atoms with Crippen LogP contribution in [0.15, 0.2) is 0 Å². The minimum Gasteiger partial charge on any atom is -0.550 e. The Bertz CT molecular complexity index is 93.3. The summed E-state index contributed by atoms with van der Waals surface area (Å²) in [6.45, 7) is 0. The maximum absolute atomic E-state index is 9.66. The topological polar surface area (TPSA) is 84.0 Å². The normalized spacial score (nSPS) is 17.0. The predicted molar refractivity (Wildman–Crippen MR) is 19.7 cm³/mol. The van der Waals surface area contributed by atoms with Gasteiger partial charge in [-0.15, -0.1) is 0 Å². The van der Waals surface area contributed by atoms with Gasteiger partial charge in [0.05, 0.1) is 6.17 Å². The van der Waals surface area contributed by atoms with E-state index in [1.807, 2.05) is 0 Å². The first kappa shape index (κ1) is 7.99. The van der Waals surface area contributed by atoms with Crippen molar-refractivity contribution in [3.05, 3.63) is 0 Å². The molecule has 0 aromatic rings. The van der Waals surface area contributed by atoms with E-state index in [-0.39, 0.29) is 31.4 Å². The second-order valence-corrected chi connectivity index (χ2v) is 1.42. The Kier molecular flexibility index (Phi) is 3.10. The van der Waals surface area contributed by atoms with Crippen LogP contribution in [-0.4, -0.2) is 12.1 Å². The average molecular weight is 108 g/mol. The minimum absolute atomic E-state index is 0. The molecule has 1 fully saturated rings. The van der Waals surface area contributed by atoms with Crippen molar-refractivity contribution >= 4 is 5.97 Å². The van der Waals surface area contributed by atoms with Gasteiger partial charge in [0, 0.05) is 12.4 Å². The van der Waals surface area contributed by atoms with Gasteiger partial charge in [-0.05, 0) is 0 Å². The quantitative estimate of drug-likeness (QED) is 0.273. The Morgan fingerprint density at radius 1 is 1.62 bits per heavy atom. The fraction of sp³-hybridized carbons (Fsp3) is 0.667. The summed E-state index contributed by atoms with van der Waals surface area (Å²) in [4.78, 5) is 9.66. The number of carboxylic acids is 1. The van der Waals surface area contributed by atoms with Gasteiger partial charge < -0.3 is 9.90 Å². The first-order chi connectivity index (χ1) is 3.29. The van der Waals surface area contributed by atoms with E-state index in [1.165, 1.54) is 0 Å². The summed E-state index contributed by atoms with van der Waals surface area (Å²) in [6, 6.07) is 0. The molecule has 0 saturated carbocycles. The molecule has 0 radical (unpaired) electrons. The molecule has 0 bridgehead atoms. The molecule has 0 amide bonds. The van der Waals surface area contributed by atoms with Crippen LogP contribution in [0.4, 0.5) is 0 Å². The van der Waals surface area contributed by atoms with E-state index >= 15 is 0 Å². The fourth-order valence-electron chi connectivity index (χ4n) is 0.328. The molecular formula is C3H5LiN2O2. The van der Waals surface area contributed by atoms with Crippen molar-refractivity contribution < 1.29 is 28.8 Å². The SMILES string of the molecule is O=C([O-])CC1NN1.[Li+]. The number of rotatable bonds is 2. The largest absolute Gasteiger partial charge is 1.00 e. The van der Waals surface area contributed by atoms with Gasteiger partial charge in [-0.2, -0.15) is 0 Å². The van der Waals surface area contributed by atoms with Crippen molar-refractivity contribution in [2.24, 2.45) is 0 Å². The first-order valence-corrected chi connectivity index (χ1v) is 2.00. The van der Waals surface area contributed by atoms with Crippen LogP contribution in [0.2, 0.25) is 0 Å². The van der Waals surface area contributed by atoms with Crippen molar-refractivity contribution in [3.63, 3.8) is 0 Å². The molecule has 1 aliphatic heterocycles. The molecular weight excluding hydrogens is 103 g/mol. The van der Waals surface area contributed by atoms with E-state index in [0.717, 1.165) is 0 Å². The summed E-state index contributed by atoms with van der Waals surface area (Å²) >= 11 is 0. The zero-order chi connectivity index (χ0) is 5.28. The van der Waals surface area contributed by atoms with Crippen LogP contribution in [0.3, 0.4) is 0 Å². The summed E-state index contributed by atoms with van der Waals surface area (Å²) in [5.41, 5.74) is 5.19. The van der Waals surface area contributed by atoms with Crippen molar-refractivity contribution in [2.45, 2.75) is 12.6 Å². The fourth-order valence-corrected chi connectivity index (χ4v) is 0.328. The molecule has 2 N–H and O–H groups in total. The minimum atomic E-state index is -1.03. The monoisotopic (exact) mass is 108 g/mol. The van der Waals surface area contributed by atoms with E-state index in [4.69, 9.17) is 0 Å². The molecule has 0 aromatic heterocycles. The number of nitrogens with one attached hydrogen (secondary N) is 2. The van der Waals surface area contributed by atoms with Crippen molar-refractivity contribution in [3.8, 4) is 0 Å². The number of hydrogen-bond acceptors (Lipinski definition) is 4. The van der Waals surface area contributed by atoms with Crippen LogP contribution in [0, 0.1) is 0 Å². The second kappa shape index (κ2) is 3.10. The van der Waals surface area contributed by atoms with Gasteiger partial charge in [-0.1, -0.05) is 0 Å². The number of carboxylic acid groups (broad SMARTS) is 1. The molecule has 40 valence electrons. The van der Waals surface area contributed by atoms with Crippen molar-refractivity contribution in [2.75, 3.05) is 0 Å². The first-order valence-electron chi connectivity index (χ1n) is 2.00. The maximum atomic E-state index is 9.66. The third-order valence-electron chi connectivity index (χ3n) is 0.719. The van der Waals surface area contributed by atoms with Gasteiger partial charge in [0.15, 0.2) is 0 Å². The van der Waals surface area contributed by atoms with Crippen LogP contribution in [0.5, 0.6) is 0 Å². The molecule has 1 aliphatic rings. The molecule has 0 unspecified atom stereocenters. The predicted octanol–water partition coefficient (Wildman–Crippen LogP) is -5.44. The molecule has 1 saturated heterocycles. The Labute approximate surface area is 58.8 Å². The van der Waals surface area contributed by atoms with Gasteiger partial charge in [0.2, 0.25) is 0 Å². The van der Waals surface area contributed by atoms with Gasteiger partial charge in [0.1, 0.15) is 0 Å². The van der Waals surface area contributed by atoms with Crippen LogP contribution in [0.25, 0.3) is 0 Å². The third kappa shape index (κ3) is 3.05. The Morgan fingerprint density at radius 2 is 2.12 bits per heavy atom. The number of carbonyl (C=O) groups is 1. The second-order valence-electron chi connectivity index (χ2n) is 1.42. The molecule has 1 heterocycles. The Morgan fingerprint density at radius 3 is 2.25 bits per heavy atom. The zero-order valence-corrected chi connectivity index (χ0v) is 4.60. The number of carbonyl (C=O) groups excluding carboxylic acids is 1. The van der Waals surface area contributed by atoms with Crippen molar-refractivity contribution in [1.29, 1.82) is 0 Å². The molecule has 4 nitrogen and oxygen atoms in total. The van der Waals surface area contributed by atoms with Crippen molar-refractivity contribution in [1.82, 2.24) is 10.9 Å². The Balaban J connectivity index is 0.000000490. The summed E-state index contributed by atoms with van der Waals surface area (Å²) in [7, 11) is 0. The van der Waals surface area contributed by atoms with Crippen LogP contribution in [-0.2, 0) is 4.79 Å². The van der Waals surface area contributed by atoms with Gasteiger partial charge >= 0.3 is 18.9 Å². The van der Waals surface area contributed by atoms with Gasteiger partial charge in [-0.25, -0.2) is 10.9 Å². The maximum Gasteiger partial charge on any atom is 1.00 e. The average Bonchev–Trinajstić information content (AvgIpc) is 2.17. The molecule has 0 atom stereocenters. The number of hydrogen-bond donors (Lipinski definition) is 2. The molecule has 5 heteroatoms. The molecule has 0 aromatic carbocycles. The molecule has 0 spiro atoms. The van der Waals surface area contributed by atoms with Gasteiger partial charge in [0.25, 0.3) is 0 Å². The van der Waals surface area contributed by atoms with Gasteiger partial charge in [-0.3, -0.25) is 0 Å². The number of aliphatic carboxylic acids is 1. The summed E-state index contributed by atoms with van der Waals surface area (Å²) in [5, 5.41) is 9.66. The smallest absolute Gasteiger partial charge is 0.550 e. The number of hydrazine groups is 1. The Hall–Kier alpha value is -0.0126. The third-order valence-corrected chi connectivity index (χ3v) is 0.719. The molecule has 1 rings (SSSR count). The van der Waals surface area contributed by atoms with E-state index in [9.17, 15) is 9.90 Å². The van der Waals surface area contributed by atoms with Crippen LogP contribution in [0.1, 0.15) is 6.42 Å². The summed E-state index contributed by atoms with van der Waals surface area (Å²) < 4.78 is 0. The molecule has 0 aliphatic carbocycles. The van der Waals surface area contributed by atoms with E-state index in [2.05, 4.69) is 10.9 Å².